The van der Waals surface area contributed by atoms with Crippen molar-refractivity contribution in [2.24, 2.45) is 0 Å². The summed E-state index contributed by atoms with van der Waals surface area (Å²) in [5.74, 6) is 0.0840. The van der Waals surface area contributed by atoms with E-state index in [1.807, 2.05) is 13.8 Å². The maximum absolute atomic E-state index is 11.5. The third kappa shape index (κ3) is 1.96. The summed E-state index contributed by atoms with van der Waals surface area (Å²) in [7, 11) is 0. The lowest BCUT2D eigenvalue weighted by atomic mass is 10.1. The van der Waals surface area contributed by atoms with E-state index in [-0.39, 0.29) is 11.9 Å². The number of fused-ring (bicyclic) bond motifs is 1. The lowest BCUT2D eigenvalue weighted by Gasteiger charge is -2.14. The first kappa shape index (κ1) is 10.0. The van der Waals surface area contributed by atoms with Gasteiger partial charge < -0.3 is 10.6 Å². The highest BCUT2D eigenvalue weighted by Gasteiger charge is 2.18. The van der Waals surface area contributed by atoms with E-state index >= 15 is 0 Å². The summed E-state index contributed by atoms with van der Waals surface area (Å²) >= 11 is 0. The largest absolute Gasteiger partial charge is 0.380 e. The molecule has 0 aromatic heterocycles. The smallest absolute Gasteiger partial charge is 0.226 e. The molecule has 0 saturated heterocycles. The summed E-state index contributed by atoms with van der Waals surface area (Å²) < 4.78 is 0. The molecule has 2 rings (SSSR count). The van der Waals surface area contributed by atoms with Crippen LogP contribution < -0.4 is 10.6 Å². The Kier molecular flexibility index (Phi) is 2.39. The van der Waals surface area contributed by atoms with E-state index in [1.54, 1.807) is 0 Å². The molecule has 15 heavy (non-hydrogen) atoms. The normalized spacial score (nSPS) is 19.9. The molecule has 0 fully saturated rings. The zero-order valence-electron chi connectivity index (χ0n) is 9.35. The fourth-order valence-electron chi connectivity index (χ4n) is 2.03. The Morgan fingerprint density at radius 3 is 2.80 bits per heavy atom. The summed E-state index contributed by atoms with van der Waals surface area (Å²) in [5, 5.41) is 6.30. The highest BCUT2D eigenvalue weighted by Crippen LogP contribution is 2.30. The summed E-state index contributed by atoms with van der Waals surface area (Å²) in [6.07, 6.45) is 0.521. The van der Waals surface area contributed by atoms with Crippen LogP contribution in [-0.2, 0) is 4.79 Å². The lowest BCUT2D eigenvalue weighted by molar-refractivity contribution is -0.116. The van der Waals surface area contributed by atoms with Crippen LogP contribution in [0.3, 0.4) is 0 Å². The summed E-state index contributed by atoms with van der Waals surface area (Å²) in [5.41, 5.74) is 4.28. The number of anilines is 2. The maximum Gasteiger partial charge on any atom is 0.226 e. The van der Waals surface area contributed by atoms with Crippen molar-refractivity contribution in [3.63, 3.8) is 0 Å². The van der Waals surface area contributed by atoms with Crippen molar-refractivity contribution < 1.29 is 4.79 Å². The monoisotopic (exact) mass is 204 g/mol. The molecule has 0 spiro atoms. The van der Waals surface area contributed by atoms with Crippen molar-refractivity contribution in [3.8, 4) is 0 Å². The number of carbonyl (C=O) groups excluding carboxylic acids is 1. The van der Waals surface area contributed by atoms with Crippen molar-refractivity contribution in [1.29, 1.82) is 0 Å². The molecule has 1 aromatic rings. The quantitative estimate of drug-likeness (QED) is 0.681. The number of hydrogen-bond acceptors (Lipinski definition) is 2. The van der Waals surface area contributed by atoms with Gasteiger partial charge in [-0.2, -0.15) is 0 Å². The predicted molar refractivity (Wildman–Crippen MR) is 62.2 cm³/mol. The van der Waals surface area contributed by atoms with Gasteiger partial charge in [0, 0.05) is 12.5 Å². The number of carbonyl (C=O) groups is 1. The van der Waals surface area contributed by atoms with E-state index in [9.17, 15) is 4.79 Å². The number of amides is 1. The zero-order valence-corrected chi connectivity index (χ0v) is 9.35. The Labute approximate surface area is 89.9 Å². The van der Waals surface area contributed by atoms with Gasteiger partial charge >= 0.3 is 0 Å². The maximum atomic E-state index is 11.5. The Balaban J connectivity index is 2.50. The first-order chi connectivity index (χ1) is 7.06. The number of nitrogens with one attached hydrogen (secondary N) is 2. The predicted octanol–water partition coefficient (Wildman–Crippen LogP) is 2.45. The van der Waals surface area contributed by atoms with Crippen molar-refractivity contribution in [2.75, 3.05) is 10.6 Å². The Morgan fingerprint density at radius 1 is 1.33 bits per heavy atom. The molecule has 1 aliphatic rings. The minimum Gasteiger partial charge on any atom is -0.380 e. The van der Waals surface area contributed by atoms with Crippen LogP contribution in [0.1, 0.15) is 24.5 Å². The standard InChI is InChI=1S/C12H16N2O/c1-7-4-8(2)12-10(5-7)13-9(3)6-11(15)14-12/h4-5,9,13H,6H2,1-3H3,(H,14,15). The average molecular weight is 204 g/mol. The fourth-order valence-corrected chi connectivity index (χ4v) is 2.03. The van der Waals surface area contributed by atoms with Gasteiger partial charge in [-0.1, -0.05) is 6.07 Å². The number of rotatable bonds is 0. The molecule has 1 atom stereocenters. The van der Waals surface area contributed by atoms with Crippen molar-refractivity contribution in [1.82, 2.24) is 0 Å². The number of hydrogen-bond donors (Lipinski definition) is 2. The van der Waals surface area contributed by atoms with E-state index < -0.39 is 0 Å². The van der Waals surface area contributed by atoms with Gasteiger partial charge in [0.15, 0.2) is 0 Å². The SMILES string of the molecule is Cc1cc(C)c2c(c1)NC(C)CC(=O)N2. The van der Waals surface area contributed by atoms with E-state index in [2.05, 4.69) is 29.7 Å². The molecule has 0 radical (unpaired) electrons. The van der Waals surface area contributed by atoms with Crippen molar-refractivity contribution in [2.45, 2.75) is 33.2 Å². The molecule has 1 aromatic carbocycles. The van der Waals surface area contributed by atoms with Crippen molar-refractivity contribution in [3.05, 3.63) is 23.3 Å². The van der Waals surface area contributed by atoms with E-state index in [4.69, 9.17) is 0 Å². The third-order valence-electron chi connectivity index (χ3n) is 2.64. The fraction of sp³-hybridized carbons (Fsp3) is 0.417. The van der Waals surface area contributed by atoms with Crippen molar-refractivity contribution >= 4 is 17.3 Å². The molecule has 1 amide bonds. The first-order valence-corrected chi connectivity index (χ1v) is 5.24. The van der Waals surface area contributed by atoms with E-state index in [0.29, 0.717) is 6.42 Å². The molecule has 0 bridgehead atoms. The molecule has 1 heterocycles. The van der Waals surface area contributed by atoms with Crippen LogP contribution in [0.5, 0.6) is 0 Å². The summed E-state index contributed by atoms with van der Waals surface area (Å²) in [6.45, 7) is 6.10. The lowest BCUT2D eigenvalue weighted by Crippen LogP contribution is -2.18. The second-order valence-corrected chi connectivity index (χ2v) is 4.30. The molecule has 3 nitrogen and oxygen atoms in total. The summed E-state index contributed by atoms with van der Waals surface area (Å²) in [4.78, 5) is 11.5. The Morgan fingerprint density at radius 2 is 2.07 bits per heavy atom. The van der Waals surface area contributed by atoms with Crippen LogP contribution in [-0.4, -0.2) is 11.9 Å². The second-order valence-electron chi connectivity index (χ2n) is 4.30. The number of aryl methyl sites for hydroxylation is 2. The molecule has 80 valence electrons. The molecule has 0 saturated carbocycles. The van der Waals surface area contributed by atoms with Gasteiger partial charge in [-0.05, 0) is 38.0 Å². The van der Waals surface area contributed by atoms with Crippen LogP contribution in [0, 0.1) is 13.8 Å². The van der Waals surface area contributed by atoms with Crippen LogP contribution in [0.15, 0.2) is 12.1 Å². The Hall–Kier alpha value is -1.51. The molecule has 1 unspecified atom stereocenters. The highest BCUT2D eigenvalue weighted by molar-refractivity contribution is 5.97. The minimum absolute atomic E-state index is 0.0840. The molecule has 0 aliphatic carbocycles. The molecule has 3 heteroatoms. The van der Waals surface area contributed by atoms with Gasteiger partial charge in [-0.15, -0.1) is 0 Å². The zero-order chi connectivity index (χ0) is 11.0. The topological polar surface area (TPSA) is 41.1 Å². The van der Waals surface area contributed by atoms with Crippen LogP contribution in [0.4, 0.5) is 11.4 Å². The van der Waals surface area contributed by atoms with Crippen LogP contribution in [0.25, 0.3) is 0 Å². The van der Waals surface area contributed by atoms with Gasteiger partial charge in [0.05, 0.1) is 11.4 Å². The van der Waals surface area contributed by atoms with Crippen LogP contribution >= 0.6 is 0 Å². The van der Waals surface area contributed by atoms with Crippen LogP contribution in [0.2, 0.25) is 0 Å². The Bertz CT molecular complexity index is 412. The van der Waals surface area contributed by atoms with Gasteiger partial charge in [0.1, 0.15) is 0 Å². The molecule has 1 aliphatic heterocycles. The molecular weight excluding hydrogens is 188 g/mol. The molecule has 2 N–H and O–H groups in total. The van der Waals surface area contributed by atoms with E-state index in [1.165, 1.54) is 5.56 Å². The second kappa shape index (κ2) is 3.57. The summed E-state index contributed by atoms with van der Waals surface area (Å²) in [6, 6.07) is 4.34. The molecular formula is C12H16N2O. The minimum atomic E-state index is 0.0840. The van der Waals surface area contributed by atoms with Gasteiger partial charge in [0.25, 0.3) is 0 Å². The number of benzene rings is 1. The first-order valence-electron chi connectivity index (χ1n) is 5.24. The average Bonchev–Trinajstić information content (AvgIpc) is 2.22. The van der Waals surface area contributed by atoms with Gasteiger partial charge in [-0.3, -0.25) is 4.79 Å². The van der Waals surface area contributed by atoms with E-state index in [0.717, 1.165) is 16.9 Å². The van der Waals surface area contributed by atoms with Gasteiger partial charge in [-0.25, -0.2) is 0 Å². The third-order valence-corrected chi connectivity index (χ3v) is 2.64. The highest BCUT2D eigenvalue weighted by atomic mass is 16.1. The van der Waals surface area contributed by atoms with Gasteiger partial charge in [0.2, 0.25) is 5.91 Å².